The van der Waals surface area contributed by atoms with Gasteiger partial charge in [-0.2, -0.15) is 0 Å². The Morgan fingerprint density at radius 2 is 2.04 bits per heavy atom. The van der Waals surface area contributed by atoms with Crippen LogP contribution in [0.4, 0.5) is 0 Å². The second kappa shape index (κ2) is 8.03. The molecule has 0 atom stereocenters. The van der Waals surface area contributed by atoms with Crippen molar-refractivity contribution in [3.05, 3.63) is 46.8 Å². The zero-order chi connectivity index (χ0) is 17.8. The molecule has 0 N–H and O–H groups in total. The lowest BCUT2D eigenvalue weighted by atomic mass is 10.3. The smallest absolute Gasteiger partial charge is 0.316 e. The van der Waals surface area contributed by atoms with Gasteiger partial charge in [0.1, 0.15) is 0 Å². The highest BCUT2D eigenvalue weighted by molar-refractivity contribution is 7.99. The zero-order valence-corrected chi connectivity index (χ0v) is 16.1. The molecule has 0 aliphatic rings. The third kappa shape index (κ3) is 4.42. The molecule has 1 aromatic carbocycles. The van der Waals surface area contributed by atoms with Crippen LogP contribution >= 0.6 is 34.7 Å². The minimum absolute atomic E-state index is 0.135. The number of aromatic nitrogens is 3. The Labute approximate surface area is 159 Å². The van der Waals surface area contributed by atoms with Gasteiger partial charge in [-0.25, -0.2) is 0 Å². The number of ether oxygens (including phenoxy) is 1. The number of hydrogen-bond donors (Lipinski definition) is 0. The van der Waals surface area contributed by atoms with Crippen LogP contribution in [0.5, 0.6) is 0 Å². The molecule has 5 nitrogen and oxygen atoms in total. The first kappa shape index (κ1) is 18.0. The number of nitrogens with zero attached hydrogens (tertiary/aromatic N) is 3. The van der Waals surface area contributed by atoms with Crippen molar-refractivity contribution < 1.29 is 9.53 Å². The average Bonchev–Trinajstić information content (AvgIpc) is 3.22. The molecule has 0 fully saturated rings. The molecule has 3 aromatic rings. The van der Waals surface area contributed by atoms with Crippen molar-refractivity contribution in [1.82, 2.24) is 14.8 Å². The number of hydrogen-bond acceptors (Lipinski definition) is 6. The van der Waals surface area contributed by atoms with Crippen LogP contribution < -0.4 is 0 Å². The Kier molecular flexibility index (Phi) is 5.78. The second-order valence-electron chi connectivity index (χ2n) is 5.42. The van der Waals surface area contributed by atoms with Gasteiger partial charge in [0.25, 0.3) is 0 Å². The van der Waals surface area contributed by atoms with Crippen molar-refractivity contribution in [2.75, 3.05) is 5.75 Å². The number of esters is 1. The summed E-state index contributed by atoms with van der Waals surface area (Å²) in [5.74, 6) is 0.634. The predicted molar refractivity (Wildman–Crippen MR) is 102 cm³/mol. The van der Waals surface area contributed by atoms with E-state index in [1.165, 1.54) is 11.8 Å². The fourth-order valence-corrected chi connectivity index (χ4v) is 3.73. The molecule has 0 amide bonds. The maximum absolute atomic E-state index is 11.8. The van der Waals surface area contributed by atoms with E-state index in [0.29, 0.717) is 10.2 Å². The van der Waals surface area contributed by atoms with E-state index in [4.69, 9.17) is 16.3 Å². The molecule has 0 unspecified atom stereocenters. The monoisotopic (exact) mass is 393 g/mol. The van der Waals surface area contributed by atoms with E-state index in [9.17, 15) is 4.79 Å². The maximum atomic E-state index is 11.8. The molecule has 0 aliphatic heterocycles. The van der Waals surface area contributed by atoms with Crippen molar-refractivity contribution in [3.8, 4) is 16.4 Å². The molecule has 130 valence electrons. The molecule has 0 saturated heterocycles. The van der Waals surface area contributed by atoms with Crippen molar-refractivity contribution in [2.45, 2.75) is 25.1 Å². The Bertz CT molecular complexity index is 845. The minimum Gasteiger partial charge on any atom is -0.462 e. The zero-order valence-electron chi connectivity index (χ0n) is 13.7. The summed E-state index contributed by atoms with van der Waals surface area (Å²) in [6, 6.07) is 11.4. The van der Waals surface area contributed by atoms with Crippen LogP contribution in [-0.4, -0.2) is 32.6 Å². The van der Waals surface area contributed by atoms with E-state index in [1.807, 2.05) is 60.2 Å². The fourth-order valence-electron chi connectivity index (χ4n) is 2.17. The Morgan fingerprint density at radius 1 is 1.28 bits per heavy atom. The first-order valence-electron chi connectivity index (χ1n) is 7.62. The van der Waals surface area contributed by atoms with Gasteiger partial charge in [-0.3, -0.25) is 9.36 Å². The molecular formula is C17H16ClN3O2S2. The van der Waals surface area contributed by atoms with Crippen LogP contribution in [0.15, 0.2) is 46.9 Å². The number of carbonyl (C=O) groups is 1. The maximum Gasteiger partial charge on any atom is 0.316 e. The molecule has 2 aromatic heterocycles. The number of carbonyl (C=O) groups excluding carboxylic acids is 1. The molecule has 0 radical (unpaired) electrons. The molecule has 0 spiro atoms. The van der Waals surface area contributed by atoms with Gasteiger partial charge in [0.2, 0.25) is 0 Å². The van der Waals surface area contributed by atoms with Gasteiger partial charge in [-0.05, 0) is 49.6 Å². The summed E-state index contributed by atoms with van der Waals surface area (Å²) < 4.78 is 7.11. The van der Waals surface area contributed by atoms with Crippen molar-refractivity contribution in [2.24, 2.45) is 0 Å². The Balaban J connectivity index is 1.93. The van der Waals surface area contributed by atoms with Crippen LogP contribution in [0.3, 0.4) is 0 Å². The predicted octanol–water partition coefficient (Wildman–Crippen LogP) is 4.69. The molecule has 0 saturated carbocycles. The Morgan fingerprint density at radius 3 is 2.68 bits per heavy atom. The van der Waals surface area contributed by atoms with E-state index in [0.717, 1.165) is 16.4 Å². The molecule has 2 heterocycles. The Hall–Kier alpha value is -1.83. The van der Waals surface area contributed by atoms with Crippen molar-refractivity contribution >= 4 is 40.7 Å². The van der Waals surface area contributed by atoms with E-state index in [-0.39, 0.29) is 17.8 Å². The van der Waals surface area contributed by atoms with Crippen LogP contribution in [0, 0.1) is 0 Å². The van der Waals surface area contributed by atoms with Gasteiger partial charge in [-0.15, -0.1) is 21.5 Å². The first-order valence-corrected chi connectivity index (χ1v) is 9.86. The van der Waals surface area contributed by atoms with Crippen LogP contribution in [0.25, 0.3) is 16.4 Å². The van der Waals surface area contributed by atoms with Gasteiger partial charge in [-0.1, -0.05) is 29.4 Å². The summed E-state index contributed by atoms with van der Waals surface area (Å²) in [6.07, 6.45) is -0.135. The van der Waals surface area contributed by atoms with Gasteiger partial charge < -0.3 is 4.74 Å². The van der Waals surface area contributed by atoms with Crippen LogP contribution in [-0.2, 0) is 9.53 Å². The molecule has 3 rings (SSSR count). The molecule has 25 heavy (non-hydrogen) atoms. The lowest BCUT2D eigenvalue weighted by Gasteiger charge is -2.10. The number of halogens is 1. The molecule has 8 heteroatoms. The van der Waals surface area contributed by atoms with E-state index < -0.39 is 0 Å². The number of benzene rings is 1. The fraction of sp³-hybridized carbons (Fsp3) is 0.235. The van der Waals surface area contributed by atoms with E-state index in [1.54, 1.807) is 11.3 Å². The molecule has 0 aliphatic carbocycles. The summed E-state index contributed by atoms with van der Waals surface area (Å²) in [5, 5.41) is 11.9. The van der Waals surface area contributed by atoms with Gasteiger partial charge in [0.15, 0.2) is 11.0 Å². The average molecular weight is 394 g/mol. The van der Waals surface area contributed by atoms with Gasteiger partial charge in [0, 0.05) is 10.7 Å². The van der Waals surface area contributed by atoms with Gasteiger partial charge in [0.05, 0.1) is 16.7 Å². The van der Waals surface area contributed by atoms with Crippen molar-refractivity contribution in [3.63, 3.8) is 0 Å². The largest absolute Gasteiger partial charge is 0.462 e. The SMILES string of the molecule is CC(C)OC(=O)CSc1nnc(-c2cccs2)n1-c1ccc(Cl)cc1. The third-order valence-electron chi connectivity index (χ3n) is 3.15. The number of thioether (sulfide) groups is 1. The first-order chi connectivity index (χ1) is 12.0. The number of thiophene rings is 1. The molecular weight excluding hydrogens is 378 g/mol. The number of rotatable bonds is 6. The van der Waals surface area contributed by atoms with E-state index >= 15 is 0 Å². The van der Waals surface area contributed by atoms with Crippen molar-refractivity contribution in [1.29, 1.82) is 0 Å². The highest BCUT2D eigenvalue weighted by Crippen LogP contribution is 2.30. The normalized spacial score (nSPS) is 11.0. The van der Waals surface area contributed by atoms with E-state index in [2.05, 4.69) is 10.2 Å². The lowest BCUT2D eigenvalue weighted by Crippen LogP contribution is -2.13. The summed E-state index contributed by atoms with van der Waals surface area (Å²) in [6.45, 7) is 3.65. The summed E-state index contributed by atoms with van der Waals surface area (Å²) in [7, 11) is 0. The highest BCUT2D eigenvalue weighted by atomic mass is 35.5. The summed E-state index contributed by atoms with van der Waals surface area (Å²) in [4.78, 5) is 12.8. The molecule has 0 bridgehead atoms. The lowest BCUT2D eigenvalue weighted by molar-refractivity contribution is -0.144. The minimum atomic E-state index is -0.275. The summed E-state index contributed by atoms with van der Waals surface area (Å²) >= 11 is 8.88. The highest BCUT2D eigenvalue weighted by Gasteiger charge is 2.18. The topological polar surface area (TPSA) is 57.0 Å². The second-order valence-corrected chi connectivity index (χ2v) is 7.75. The quantitative estimate of drug-likeness (QED) is 0.449. The van der Waals surface area contributed by atoms with Crippen LogP contribution in [0.1, 0.15) is 13.8 Å². The van der Waals surface area contributed by atoms with Crippen LogP contribution in [0.2, 0.25) is 5.02 Å². The third-order valence-corrected chi connectivity index (χ3v) is 5.17. The standard InChI is InChI=1S/C17H16ClN3O2S2/c1-11(2)23-15(22)10-25-17-20-19-16(14-4-3-9-24-14)21(17)13-7-5-12(18)6-8-13/h3-9,11H,10H2,1-2H3. The summed E-state index contributed by atoms with van der Waals surface area (Å²) in [5.41, 5.74) is 0.887. The van der Waals surface area contributed by atoms with Gasteiger partial charge >= 0.3 is 5.97 Å².